The van der Waals surface area contributed by atoms with Gasteiger partial charge in [-0.3, -0.25) is 9.59 Å². The number of furan rings is 1. The molecule has 0 bridgehead atoms. The third-order valence-corrected chi connectivity index (χ3v) is 4.83. The van der Waals surface area contributed by atoms with Gasteiger partial charge in [-0.05, 0) is 25.0 Å². The zero-order valence-corrected chi connectivity index (χ0v) is 13.7. The Morgan fingerprint density at radius 2 is 1.96 bits per heavy atom. The van der Waals surface area contributed by atoms with Gasteiger partial charge in [0.25, 0.3) is 5.91 Å². The highest BCUT2D eigenvalue weighted by atomic mass is 19.1. The molecule has 2 saturated heterocycles. The van der Waals surface area contributed by atoms with Gasteiger partial charge < -0.3 is 19.0 Å². The number of halogens is 1. The van der Waals surface area contributed by atoms with Crippen LogP contribution in [0.1, 0.15) is 23.4 Å². The van der Waals surface area contributed by atoms with E-state index in [4.69, 9.17) is 9.15 Å². The van der Waals surface area contributed by atoms with Gasteiger partial charge in [-0.15, -0.1) is 0 Å². The summed E-state index contributed by atoms with van der Waals surface area (Å²) in [5, 5.41) is 0.540. The van der Waals surface area contributed by atoms with Gasteiger partial charge >= 0.3 is 0 Å². The number of morpholine rings is 1. The number of carbonyl (C=O) groups is 2. The topological polar surface area (TPSA) is 63.0 Å². The highest BCUT2D eigenvalue weighted by Crippen LogP contribution is 2.27. The van der Waals surface area contributed by atoms with E-state index in [-0.39, 0.29) is 23.2 Å². The fourth-order valence-corrected chi connectivity index (χ4v) is 3.54. The van der Waals surface area contributed by atoms with E-state index in [0.717, 1.165) is 6.42 Å². The molecule has 7 heteroatoms. The first-order valence-electron chi connectivity index (χ1n) is 8.51. The molecule has 4 rings (SSSR count). The largest absolute Gasteiger partial charge is 0.448 e. The standard InChI is InChI=1S/C18H19FN2O4/c19-13-4-1-3-12-11-15(25-16(12)13)18(23)21-6-2-5-14(21)17(22)20-7-9-24-10-8-20/h1,3-4,11,14H,2,5-10H2. The molecular formula is C18H19FN2O4. The highest BCUT2D eigenvalue weighted by molar-refractivity contribution is 5.99. The van der Waals surface area contributed by atoms with E-state index in [9.17, 15) is 14.0 Å². The third kappa shape index (κ3) is 2.89. The smallest absolute Gasteiger partial charge is 0.290 e. The van der Waals surface area contributed by atoms with E-state index in [0.29, 0.717) is 44.7 Å². The van der Waals surface area contributed by atoms with Crippen molar-refractivity contribution < 1.29 is 23.1 Å². The van der Waals surface area contributed by atoms with E-state index in [1.807, 2.05) is 0 Å². The Morgan fingerprint density at radius 1 is 1.16 bits per heavy atom. The molecule has 1 aromatic carbocycles. The summed E-state index contributed by atoms with van der Waals surface area (Å²) in [6.45, 7) is 2.64. The van der Waals surface area contributed by atoms with E-state index >= 15 is 0 Å². The number of fused-ring (bicyclic) bond motifs is 1. The maximum absolute atomic E-state index is 13.8. The van der Waals surface area contributed by atoms with Crippen LogP contribution in [0, 0.1) is 5.82 Å². The van der Waals surface area contributed by atoms with Gasteiger partial charge in [0.05, 0.1) is 13.2 Å². The maximum atomic E-state index is 13.8. The van der Waals surface area contributed by atoms with E-state index < -0.39 is 11.9 Å². The minimum atomic E-state index is -0.501. The van der Waals surface area contributed by atoms with Crippen molar-refractivity contribution in [2.75, 3.05) is 32.8 Å². The molecule has 132 valence electrons. The van der Waals surface area contributed by atoms with E-state index in [2.05, 4.69) is 0 Å². The average molecular weight is 346 g/mol. The summed E-state index contributed by atoms with van der Waals surface area (Å²) < 4.78 is 24.5. The lowest BCUT2D eigenvalue weighted by Crippen LogP contribution is -2.51. The number of ether oxygens (including phenoxy) is 1. The molecule has 1 aromatic heterocycles. The van der Waals surface area contributed by atoms with Crippen molar-refractivity contribution in [1.82, 2.24) is 9.80 Å². The Balaban J connectivity index is 1.57. The van der Waals surface area contributed by atoms with Gasteiger partial charge in [-0.25, -0.2) is 4.39 Å². The normalized spacial score (nSPS) is 21.1. The Hall–Kier alpha value is -2.41. The third-order valence-electron chi connectivity index (χ3n) is 4.83. The molecule has 3 heterocycles. The van der Waals surface area contributed by atoms with Crippen molar-refractivity contribution in [3.05, 3.63) is 35.8 Å². The summed E-state index contributed by atoms with van der Waals surface area (Å²) in [7, 11) is 0. The Kier molecular flexibility index (Phi) is 4.17. The molecule has 1 atom stereocenters. The molecule has 2 aromatic rings. The van der Waals surface area contributed by atoms with Crippen molar-refractivity contribution in [2.24, 2.45) is 0 Å². The summed E-state index contributed by atoms with van der Waals surface area (Å²) in [4.78, 5) is 28.9. The number of hydrogen-bond acceptors (Lipinski definition) is 4. The van der Waals surface area contributed by atoms with Crippen LogP contribution >= 0.6 is 0 Å². The summed E-state index contributed by atoms with van der Waals surface area (Å²) in [5.41, 5.74) is 0.0705. The summed E-state index contributed by atoms with van der Waals surface area (Å²) >= 11 is 0. The number of amides is 2. The molecule has 0 radical (unpaired) electrons. The van der Waals surface area contributed by atoms with Crippen LogP contribution in [-0.2, 0) is 9.53 Å². The van der Waals surface area contributed by atoms with Gasteiger partial charge in [0.15, 0.2) is 17.2 Å². The second-order valence-corrected chi connectivity index (χ2v) is 6.36. The fourth-order valence-electron chi connectivity index (χ4n) is 3.54. The van der Waals surface area contributed by atoms with Crippen molar-refractivity contribution in [3.63, 3.8) is 0 Å². The molecule has 0 spiro atoms. The van der Waals surface area contributed by atoms with Gasteiger partial charge in [-0.1, -0.05) is 12.1 Å². The Bertz CT molecular complexity index is 813. The molecular weight excluding hydrogens is 327 g/mol. The molecule has 25 heavy (non-hydrogen) atoms. The van der Waals surface area contributed by atoms with E-state index in [1.54, 1.807) is 21.9 Å². The van der Waals surface area contributed by atoms with Crippen LogP contribution in [0.3, 0.4) is 0 Å². The molecule has 0 N–H and O–H groups in total. The molecule has 0 aliphatic carbocycles. The summed E-state index contributed by atoms with van der Waals surface area (Å²) in [6.07, 6.45) is 1.40. The second kappa shape index (κ2) is 6.48. The lowest BCUT2D eigenvalue weighted by Gasteiger charge is -2.32. The van der Waals surface area contributed by atoms with Crippen LogP contribution in [0.5, 0.6) is 0 Å². The SMILES string of the molecule is O=C(C1CCCN1C(=O)c1cc2cccc(F)c2o1)N1CCOCC1. The molecule has 2 aliphatic rings. The monoisotopic (exact) mass is 346 g/mol. The quantitative estimate of drug-likeness (QED) is 0.835. The average Bonchev–Trinajstić information content (AvgIpc) is 3.29. The number of likely N-dealkylation sites (tertiary alicyclic amines) is 1. The first-order valence-corrected chi connectivity index (χ1v) is 8.51. The number of benzene rings is 1. The maximum Gasteiger partial charge on any atom is 0.290 e. The van der Waals surface area contributed by atoms with Crippen LogP contribution in [0.2, 0.25) is 0 Å². The number of carbonyl (C=O) groups excluding carboxylic acids is 2. The molecule has 1 unspecified atom stereocenters. The highest BCUT2D eigenvalue weighted by Gasteiger charge is 2.38. The lowest BCUT2D eigenvalue weighted by molar-refractivity contribution is -0.139. The van der Waals surface area contributed by atoms with Gasteiger partial charge in [0.2, 0.25) is 5.91 Å². The summed E-state index contributed by atoms with van der Waals surface area (Å²) in [6, 6.07) is 5.61. The van der Waals surface area contributed by atoms with Crippen LogP contribution in [0.25, 0.3) is 11.0 Å². The Labute approximate surface area is 144 Å². The fraction of sp³-hybridized carbons (Fsp3) is 0.444. The van der Waals surface area contributed by atoms with Crippen molar-refractivity contribution in [1.29, 1.82) is 0 Å². The first kappa shape index (κ1) is 16.1. The number of rotatable bonds is 2. The predicted molar refractivity (Wildman–Crippen MR) is 87.6 cm³/mol. The molecule has 2 aliphatic heterocycles. The molecule has 2 fully saturated rings. The van der Waals surface area contributed by atoms with Crippen LogP contribution < -0.4 is 0 Å². The van der Waals surface area contributed by atoms with Gasteiger partial charge in [0.1, 0.15) is 6.04 Å². The number of hydrogen-bond donors (Lipinski definition) is 0. The van der Waals surface area contributed by atoms with Gasteiger partial charge in [0, 0.05) is 25.0 Å². The molecule has 6 nitrogen and oxygen atoms in total. The predicted octanol–water partition coefficient (Wildman–Crippen LogP) is 2.04. The minimum absolute atomic E-state index is 0.0450. The lowest BCUT2D eigenvalue weighted by atomic mass is 10.1. The number of para-hydroxylation sites is 1. The van der Waals surface area contributed by atoms with Crippen molar-refractivity contribution in [3.8, 4) is 0 Å². The molecule has 0 saturated carbocycles. The summed E-state index contributed by atoms with van der Waals surface area (Å²) in [5.74, 6) is -0.836. The minimum Gasteiger partial charge on any atom is -0.448 e. The zero-order chi connectivity index (χ0) is 17.4. The Morgan fingerprint density at radius 3 is 2.72 bits per heavy atom. The second-order valence-electron chi connectivity index (χ2n) is 6.36. The zero-order valence-electron chi connectivity index (χ0n) is 13.7. The number of nitrogens with zero attached hydrogens (tertiary/aromatic N) is 2. The van der Waals surface area contributed by atoms with Gasteiger partial charge in [-0.2, -0.15) is 0 Å². The van der Waals surface area contributed by atoms with Crippen LogP contribution in [0.15, 0.2) is 28.7 Å². The molecule has 2 amide bonds. The van der Waals surface area contributed by atoms with E-state index in [1.165, 1.54) is 12.1 Å². The van der Waals surface area contributed by atoms with Crippen LogP contribution in [0.4, 0.5) is 4.39 Å². The van der Waals surface area contributed by atoms with Crippen molar-refractivity contribution >= 4 is 22.8 Å². The van der Waals surface area contributed by atoms with Crippen molar-refractivity contribution in [2.45, 2.75) is 18.9 Å². The van der Waals surface area contributed by atoms with Crippen LogP contribution in [-0.4, -0.2) is 60.5 Å². The first-order chi connectivity index (χ1) is 12.1.